The van der Waals surface area contributed by atoms with E-state index in [1.807, 2.05) is 30.3 Å². The summed E-state index contributed by atoms with van der Waals surface area (Å²) in [6.45, 7) is 0.918. The second-order valence-electron chi connectivity index (χ2n) is 3.03. The van der Waals surface area contributed by atoms with Crippen LogP contribution in [-0.4, -0.2) is 24.1 Å². The number of rotatable bonds is 6. The molecular formula is C11H14O3. The van der Waals surface area contributed by atoms with Gasteiger partial charge in [0, 0.05) is 13.0 Å². The van der Waals surface area contributed by atoms with E-state index in [-0.39, 0.29) is 0 Å². The van der Waals surface area contributed by atoms with Crippen molar-refractivity contribution in [2.75, 3.05) is 6.61 Å². The Labute approximate surface area is 83.3 Å². The van der Waals surface area contributed by atoms with Crippen molar-refractivity contribution in [3.63, 3.8) is 0 Å². The van der Waals surface area contributed by atoms with Gasteiger partial charge in [-0.05, 0) is 5.56 Å². The number of carbonyl (C=O) groups excluding carboxylic acids is 1. The average Bonchev–Trinajstić information content (AvgIpc) is 2.25. The van der Waals surface area contributed by atoms with Crippen molar-refractivity contribution in [2.24, 2.45) is 0 Å². The van der Waals surface area contributed by atoms with Crippen molar-refractivity contribution in [3.05, 3.63) is 35.9 Å². The molecule has 0 heterocycles. The zero-order chi connectivity index (χ0) is 10.2. The van der Waals surface area contributed by atoms with Gasteiger partial charge in [0.1, 0.15) is 12.4 Å². The number of aliphatic hydroxyl groups excluding tert-OH is 1. The molecule has 1 aromatic rings. The molecule has 1 rings (SSSR count). The molecule has 0 fully saturated rings. The smallest absolute Gasteiger partial charge is 0.148 e. The first-order valence-electron chi connectivity index (χ1n) is 4.58. The lowest BCUT2D eigenvalue weighted by atomic mass is 10.2. The molecule has 0 aromatic heterocycles. The van der Waals surface area contributed by atoms with Gasteiger partial charge in [0.2, 0.25) is 0 Å². The normalized spacial score (nSPS) is 12.4. The molecule has 0 bridgehead atoms. The molecule has 76 valence electrons. The first kappa shape index (κ1) is 10.9. The van der Waals surface area contributed by atoms with E-state index in [0.717, 1.165) is 5.56 Å². The van der Waals surface area contributed by atoms with Crippen molar-refractivity contribution < 1.29 is 14.6 Å². The largest absolute Gasteiger partial charge is 0.386 e. The Morgan fingerprint density at radius 3 is 2.71 bits per heavy atom. The maximum atomic E-state index is 10.1. The van der Waals surface area contributed by atoms with Crippen LogP contribution in [0.1, 0.15) is 12.0 Å². The second kappa shape index (κ2) is 6.29. The maximum absolute atomic E-state index is 10.1. The highest BCUT2D eigenvalue weighted by Crippen LogP contribution is 2.01. The van der Waals surface area contributed by atoms with Crippen LogP contribution in [0.3, 0.4) is 0 Å². The van der Waals surface area contributed by atoms with E-state index in [0.29, 0.717) is 25.9 Å². The van der Waals surface area contributed by atoms with Gasteiger partial charge < -0.3 is 14.6 Å². The summed E-state index contributed by atoms with van der Waals surface area (Å²) in [7, 11) is 0. The number of benzene rings is 1. The number of hydrogen-bond acceptors (Lipinski definition) is 3. The van der Waals surface area contributed by atoms with Crippen LogP contribution in [0.15, 0.2) is 30.3 Å². The monoisotopic (exact) mass is 194 g/mol. The van der Waals surface area contributed by atoms with Gasteiger partial charge in [0.05, 0.1) is 6.61 Å². The predicted molar refractivity (Wildman–Crippen MR) is 52.8 cm³/mol. The van der Waals surface area contributed by atoms with Crippen LogP contribution in [0.4, 0.5) is 0 Å². The van der Waals surface area contributed by atoms with Crippen molar-refractivity contribution >= 4 is 6.29 Å². The topological polar surface area (TPSA) is 46.5 Å². The third kappa shape index (κ3) is 4.16. The summed E-state index contributed by atoms with van der Waals surface area (Å²) in [6.07, 6.45) is -0.0202. The summed E-state index contributed by atoms with van der Waals surface area (Å²) in [5, 5.41) is 8.91. The summed E-state index contributed by atoms with van der Waals surface area (Å²) in [5.41, 5.74) is 1.09. The van der Waals surface area contributed by atoms with Crippen molar-refractivity contribution in [3.8, 4) is 0 Å². The molecule has 1 atom stereocenters. The number of aliphatic hydroxyl groups is 1. The molecule has 0 aliphatic heterocycles. The van der Waals surface area contributed by atoms with Crippen molar-refractivity contribution in [2.45, 2.75) is 19.1 Å². The van der Waals surface area contributed by atoms with Crippen LogP contribution in [0.2, 0.25) is 0 Å². The van der Waals surface area contributed by atoms with E-state index in [4.69, 9.17) is 9.84 Å². The van der Waals surface area contributed by atoms with Crippen LogP contribution in [-0.2, 0) is 16.1 Å². The molecule has 1 unspecified atom stereocenters. The lowest BCUT2D eigenvalue weighted by Crippen LogP contribution is -2.11. The minimum atomic E-state index is -0.897. The standard InChI is InChI=1S/C11H14O3/c12-8-11(13)6-7-14-9-10-4-2-1-3-5-10/h1-5,8,11,13H,6-7,9H2. The Hall–Kier alpha value is -1.19. The molecule has 14 heavy (non-hydrogen) atoms. The average molecular weight is 194 g/mol. The van der Waals surface area contributed by atoms with Crippen LogP contribution in [0.5, 0.6) is 0 Å². The van der Waals surface area contributed by atoms with E-state index in [1.54, 1.807) is 0 Å². The molecule has 0 amide bonds. The fourth-order valence-electron chi connectivity index (χ4n) is 1.04. The summed E-state index contributed by atoms with van der Waals surface area (Å²) in [5.74, 6) is 0. The molecule has 0 radical (unpaired) electrons. The van der Waals surface area contributed by atoms with Gasteiger partial charge in [0.25, 0.3) is 0 Å². The van der Waals surface area contributed by atoms with Gasteiger partial charge in [-0.15, -0.1) is 0 Å². The Kier molecular flexibility index (Phi) is 4.89. The van der Waals surface area contributed by atoms with Crippen molar-refractivity contribution in [1.29, 1.82) is 0 Å². The molecule has 0 aliphatic rings. The summed E-state index contributed by atoms with van der Waals surface area (Å²) in [4.78, 5) is 10.1. The SMILES string of the molecule is O=CC(O)CCOCc1ccccc1. The third-order valence-electron chi connectivity index (χ3n) is 1.83. The minimum Gasteiger partial charge on any atom is -0.386 e. The van der Waals surface area contributed by atoms with Gasteiger partial charge in [-0.2, -0.15) is 0 Å². The highest BCUT2D eigenvalue weighted by atomic mass is 16.5. The number of carbonyl (C=O) groups is 1. The Morgan fingerprint density at radius 2 is 2.07 bits per heavy atom. The minimum absolute atomic E-state index is 0.357. The Bertz CT molecular complexity index is 258. The zero-order valence-corrected chi connectivity index (χ0v) is 7.93. The molecule has 0 aliphatic carbocycles. The van der Waals surface area contributed by atoms with E-state index in [9.17, 15) is 4.79 Å². The molecule has 3 heteroatoms. The predicted octanol–water partition coefficient (Wildman–Crippen LogP) is 1.15. The first-order chi connectivity index (χ1) is 6.83. The summed E-state index contributed by atoms with van der Waals surface area (Å²) < 4.78 is 5.27. The summed E-state index contributed by atoms with van der Waals surface area (Å²) in [6, 6.07) is 9.77. The van der Waals surface area contributed by atoms with E-state index in [1.165, 1.54) is 0 Å². The Morgan fingerprint density at radius 1 is 1.36 bits per heavy atom. The molecule has 1 N–H and O–H groups in total. The lowest BCUT2D eigenvalue weighted by molar-refractivity contribution is -0.115. The molecule has 3 nitrogen and oxygen atoms in total. The molecule has 0 spiro atoms. The van der Waals surface area contributed by atoms with Crippen LogP contribution < -0.4 is 0 Å². The quantitative estimate of drug-likeness (QED) is 0.546. The van der Waals surface area contributed by atoms with Gasteiger partial charge in [-0.3, -0.25) is 0 Å². The van der Waals surface area contributed by atoms with Gasteiger partial charge in [-0.25, -0.2) is 0 Å². The molecule has 1 aromatic carbocycles. The molecular weight excluding hydrogens is 180 g/mol. The molecule has 0 saturated heterocycles. The number of hydrogen-bond donors (Lipinski definition) is 1. The summed E-state index contributed by atoms with van der Waals surface area (Å²) >= 11 is 0. The maximum Gasteiger partial charge on any atom is 0.148 e. The number of aldehydes is 1. The number of ether oxygens (including phenoxy) is 1. The zero-order valence-electron chi connectivity index (χ0n) is 7.93. The van der Waals surface area contributed by atoms with E-state index < -0.39 is 6.10 Å². The van der Waals surface area contributed by atoms with Gasteiger partial charge in [0.15, 0.2) is 0 Å². The fraction of sp³-hybridized carbons (Fsp3) is 0.364. The first-order valence-corrected chi connectivity index (χ1v) is 4.58. The van der Waals surface area contributed by atoms with Gasteiger partial charge in [-0.1, -0.05) is 30.3 Å². The second-order valence-corrected chi connectivity index (χ2v) is 3.03. The highest BCUT2D eigenvalue weighted by Gasteiger charge is 2.00. The van der Waals surface area contributed by atoms with Crippen LogP contribution >= 0.6 is 0 Å². The molecule has 0 saturated carbocycles. The fourth-order valence-corrected chi connectivity index (χ4v) is 1.04. The van der Waals surface area contributed by atoms with Gasteiger partial charge >= 0.3 is 0 Å². The third-order valence-corrected chi connectivity index (χ3v) is 1.83. The van der Waals surface area contributed by atoms with Crippen LogP contribution in [0, 0.1) is 0 Å². The highest BCUT2D eigenvalue weighted by molar-refractivity contribution is 5.55. The Balaban J connectivity index is 2.13. The lowest BCUT2D eigenvalue weighted by Gasteiger charge is -2.05. The van der Waals surface area contributed by atoms with E-state index >= 15 is 0 Å². The van der Waals surface area contributed by atoms with E-state index in [2.05, 4.69) is 0 Å². The van der Waals surface area contributed by atoms with Crippen LogP contribution in [0.25, 0.3) is 0 Å². The van der Waals surface area contributed by atoms with Crippen molar-refractivity contribution in [1.82, 2.24) is 0 Å².